The molecule has 1 unspecified atom stereocenters. The molecule has 0 aliphatic rings. The minimum absolute atomic E-state index is 0.142. The van der Waals surface area contributed by atoms with E-state index in [4.69, 9.17) is 4.98 Å². The van der Waals surface area contributed by atoms with Gasteiger partial charge >= 0.3 is 0 Å². The van der Waals surface area contributed by atoms with Crippen LogP contribution in [-0.2, 0) is 6.42 Å². The molecular weight excluding hydrogens is 412 g/mol. The number of amides is 1. The zero-order valence-corrected chi connectivity index (χ0v) is 18.6. The Morgan fingerprint density at radius 2 is 1.90 bits per heavy atom. The number of aryl methyl sites for hydroxylation is 1. The first-order valence-corrected chi connectivity index (χ1v) is 12.1. The van der Waals surface area contributed by atoms with Gasteiger partial charge in [0, 0.05) is 11.3 Å². The predicted octanol–water partition coefficient (Wildman–Crippen LogP) is 5.14. The van der Waals surface area contributed by atoms with Crippen molar-refractivity contribution in [3.63, 3.8) is 0 Å². The van der Waals surface area contributed by atoms with Crippen molar-refractivity contribution in [2.24, 2.45) is 0 Å². The van der Waals surface area contributed by atoms with E-state index in [-0.39, 0.29) is 11.9 Å². The molecule has 154 valence electrons. The Morgan fingerprint density at radius 3 is 2.67 bits per heavy atom. The van der Waals surface area contributed by atoms with Crippen LogP contribution in [0.25, 0.3) is 11.0 Å². The number of thioether (sulfide) groups is 1. The van der Waals surface area contributed by atoms with E-state index in [9.17, 15) is 4.79 Å². The maximum Gasteiger partial charge on any atom is 0.271 e. The number of H-pyrrole nitrogens is 1. The molecule has 7 heteroatoms. The smallest absolute Gasteiger partial charge is 0.271 e. The van der Waals surface area contributed by atoms with Crippen molar-refractivity contribution in [1.29, 1.82) is 0 Å². The van der Waals surface area contributed by atoms with Crippen molar-refractivity contribution in [3.05, 3.63) is 81.6 Å². The van der Waals surface area contributed by atoms with Gasteiger partial charge in [0.2, 0.25) is 0 Å². The molecule has 4 rings (SSSR count). The Morgan fingerprint density at radius 1 is 1.13 bits per heavy atom. The normalized spacial score (nSPS) is 12.2. The van der Waals surface area contributed by atoms with Crippen molar-refractivity contribution >= 4 is 40.0 Å². The Bertz CT molecular complexity index is 1100. The molecule has 0 bridgehead atoms. The average Bonchev–Trinajstić information content (AvgIpc) is 3.35. The lowest BCUT2D eigenvalue weighted by molar-refractivity contribution is 0.0929. The zero-order valence-electron chi connectivity index (χ0n) is 17.0. The van der Waals surface area contributed by atoms with Crippen LogP contribution in [0.5, 0.6) is 0 Å². The monoisotopic (exact) mass is 436 g/mol. The number of fused-ring (bicyclic) bond motifs is 1. The number of benzene rings is 2. The summed E-state index contributed by atoms with van der Waals surface area (Å²) >= 11 is 3.34. The van der Waals surface area contributed by atoms with E-state index in [1.165, 1.54) is 5.56 Å². The molecule has 1 atom stereocenters. The minimum atomic E-state index is -0.191. The number of thiazole rings is 1. The molecule has 0 radical (unpaired) electrons. The number of nitrogens with zero attached hydrogens (tertiary/aromatic N) is 2. The number of hydrogen-bond donors (Lipinski definition) is 2. The van der Waals surface area contributed by atoms with Gasteiger partial charge < -0.3 is 10.3 Å². The summed E-state index contributed by atoms with van der Waals surface area (Å²) in [6, 6.07) is 17.9. The number of imidazole rings is 1. The first-order chi connectivity index (χ1) is 14.6. The Hall–Kier alpha value is -2.64. The lowest BCUT2D eigenvalue weighted by Crippen LogP contribution is -2.30. The summed E-state index contributed by atoms with van der Waals surface area (Å²) in [6.07, 6.45) is 3.57. The van der Waals surface area contributed by atoms with Crippen LogP contribution in [0.1, 0.15) is 44.2 Å². The lowest BCUT2D eigenvalue weighted by Gasteiger charge is -2.16. The number of para-hydroxylation sites is 2. The maximum absolute atomic E-state index is 13.2. The van der Waals surface area contributed by atoms with E-state index in [0.717, 1.165) is 38.9 Å². The maximum atomic E-state index is 13.2. The third-order valence-electron chi connectivity index (χ3n) is 4.88. The van der Waals surface area contributed by atoms with E-state index in [2.05, 4.69) is 33.7 Å². The molecule has 0 saturated carbocycles. The largest absolute Gasteiger partial charge is 0.341 e. The SMILES string of the molecule is CSCCC(NC(=O)c1nc(C)sc1Cc1ccccc1)c1nc2ccccc2[nH]1. The first kappa shape index (κ1) is 20.6. The highest BCUT2D eigenvalue weighted by atomic mass is 32.2. The predicted molar refractivity (Wildman–Crippen MR) is 125 cm³/mol. The molecule has 0 saturated heterocycles. The highest BCUT2D eigenvalue weighted by Gasteiger charge is 2.23. The number of carbonyl (C=O) groups is 1. The number of hydrogen-bond acceptors (Lipinski definition) is 5. The molecular formula is C23H24N4OS2. The van der Waals surface area contributed by atoms with E-state index < -0.39 is 0 Å². The van der Waals surface area contributed by atoms with Crippen molar-refractivity contribution in [2.75, 3.05) is 12.0 Å². The van der Waals surface area contributed by atoms with Gasteiger partial charge in [0.25, 0.3) is 5.91 Å². The van der Waals surface area contributed by atoms with Crippen LogP contribution in [0.15, 0.2) is 54.6 Å². The molecule has 2 heterocycles. The van der Waals surface area contributed by atoms with Gasteiger partial charge in [-0.3, -0.25) is 4.79 Å². The summed E-state index contributed by atoms with van der Waals surface area (Å²) in [6.45, 7) is 1.94. The van der Waals surface area contributed by atoms with Gasteiger partial charge in [-0.25, -0.2) is 9.97 Å². The minimum Gasteiger partial charge on any atom is -0.341 e. The highest BCUT2D eigenvalue weighted by Crippen LogP contribution is 2.24. The summed E-state index contributed by atoms with van der Waals surface area (Å²) in [5.74, 6) is 1.57. The summed E-state index contributed by atoms with van der Waals surface area (Å²) in [5, 5.41) is 4.08. The van der Waals surface area contributed by atoms with Crippen molar-refractivity contribution in [2.45, 2.75) is 25.8 Å². The number of nitrogens with one attached hydrogen (secondary N) is 2. The quantitative estimate of drug-likeness (QED) is 0.401. The summed E-state index contributed by atoms with van der Waals surface area (Å²) in [7, 11) is 0. The summed E-state index contributed by atoms with van der Waals surface area (Å²) in [5.41, 5.74) is 3.58. The molecule has 1 amide bonds. The molecule has 2 aromatic heterocycles. The summed E-state index contributed by atoms with van der Waals surface area (Å²) < 4.78 is 0. The van der Waals surface area contributed by atoms with Gasteiger partial charge in [0.05, 0.1) is 22.1 Å². The fourth-order valence-electron chi connectivity index (χ4n) is 3.42. The highest BCUT2D eigenvalue weighted by molar-refractivity contribution is 7.98. The number of aromatic amines is 1. The number of aromatic nitrogens is 3. The standard InChI is InChI=1S/C23H24N4OS2/c1-15-24-21(20(30-15)14-16-8-4-3-5-9-16)23(28)27-19(12-13-29-2)22-25-17-10-6-7-11-18(17)26-22/h3-11,19H,12-14H2,1-2H3,(H,25,26)(H,27,28). The van der Waals surface area contributed by atoms with Gasteiger partial charge in [-0.05, 0) is 43.0 Å². The van der Waals surface area contributed by atoms with Crippen LogP contribution in [0.4, 0.5) is 0 Å². The Labute approximate surface area is 184 Å². The van der Waals surface area contributed by atoms with Gasteiger partial charge in [-0.2, -0.15) is 11.8 Å². The topological polar surface area (TPSA) is 70.7 Å². The van der Waals surface area contributed by atoms with E-state index in [1.54, 1.807) is 23.1 Å². The molecule has 0 aliphatic heterocycles. The Balaban J connectivity index is 1.58. The fourth-order valence-corrected chi connectivity index (χ4v) is 4.86. The van der Waals surface area contributed by atoms with Crippen molar-refractivity contribution in [3.8, 4) is 0 Å². The van der Waals surface area contributed by atoms with Crippen LogP contribution in [0, 0.1) is 6.92 Å². The van der Waals surface area contributed by atoms with E-state index >= 15 is 0 Å². The second-order valence-electron chi connectivity index (χ2n) is 7.11. The molecule has 5 nitrogen and oxygen atoms in total. The molecule has 30 heavy (non-hydrogen) atoms. The van der Waals surface area contributed by atoms with Gasteiger partial charge in [0.15, 0.2) is 0 Å². The van der Waals surface area contributed by atoms with Crippen LogP contribution in [0.3, 0.4) is 0 Å². The van der Waals surface area contributed by atoms with Crippen LogP contribution >= 0.6 is 23.1 Å². The molecule has 4 aromatic rings. The lowest BCUT2D eigenvalue weighted by atomic mass is 10.1. The van der Waals surface area contributed by atoms with Crippen LogP contribution in [0.2, 0.25) is 0 Å². The molecule has 2 N–H and O–H groups in total. The zero-order chi connectivity index (χ0) is 20.9. The van der Waals surface area contributed by atoms with Crippen LogP contribution in [-0.4, -0.2) is 32.9 Å². The summed E-state index contributed by atoms with van der Waals surface area (Å²) in [4.78, 5) is 26.8. The van der Waals surface area contributed by atoms with Gasteiger partial charge in [-0.1, -0.05) is 42.5 Å². The molecule has 2 aromatic carbocycles. The number of rotatable bonds is 8. The second kappa shape index (κ2) is 9.45. The van der Waals surface area contributed by atoms with Crippen molar-refractivity contribution < 1.29 is 4.79 Å². The molecule has 0 aliphatic carbocycles. The third-order valence-corrected chi connectivity index (χ3v) is 6.50. The molecule has 0 spiro atoms. The Kier molecular flexibility index (Phi) is 6.50. The number of carbonyl (C=O) groups excluding carboxylic acids is 1. The van der Waals surface area contributed by atoms with E-state index in [0.29, 0.717) is 12.1 Å². The van der Waals surface area contributed by atoms with Gasteiger partial charge in [-0.15, -0.1) is 11.3 Å². The van der Waals surface area contributed by atoms with Crippen LogP contribution < -0.4 is 5.32 Å². The van der Waals surface area contributed by atoms with Crippen molar-refractivity contribution in [1.82, 2.24) is 20.3 Å². The van der Waals surface area contributed by atoms with Gasteiger partial charge in [0.1, 0.15) is 11.5 Å². The third kappa shape index (κ3) is 4.74. The average molecular weight is 437 g/mol. The molecule has 0 fully saturated rings. The van der Waals surface area contributed by atoms with E-state index in [1.807, 2.05) is 49.4 Å². The fraction of sp³-hybridized carbons (Fsp3) is 0.261. The second-order valence-corrected chi connectivity index (χ2v) is 9.39. The first-order valence-electron chi connectivity index (χ1n) is 9.88.